The molecule has 0 saturated heterocycles. The van der Waals surface area contributed by atoms with Gasteiger partial charge in [0.1, 0.15) is 0 Å². The zero-order valence-electron chi connectivity index (χ0n) is 22.9. The molecule has 40 heavy (non-hydrogen) atoms. The van der Waals surface area contributed by atoms with Gasteiger partial charge in [0.25, 0.3) is 0 Å². The Morgan fingerprint density at radius 1 is 0.425 bits per heavy atom. The van der Waals surface area contributed by atoms with E-state index in [2.05, 4.69) is 176 Å². The highest BCUT2D eigenvalue weighted by Crippen LogP contribution is 2.33. The minimum Gasteiger partial charge on any atom is -0.0614 e. The highest BCUT2D eigenvalue weighted by Gasteiger charge is 2.10. The Hall–Kier alpha value is -3.95. The van der Waals surface area contributed by atoms with Crippen LogP contribution in [-0.4, -0.2) is 0 Å². The van der Waals surface area contributed by atoms with E-state index in [0.29, 0.717) is 0 Å². The van der Waals surface area contributed by atoms with Gasteiger partial charge in [-0.3, -0.25) is 0 Å². The molecule has 6 rings (SSSR count). The van der Waals surface area contributed by atoms with Crippen molar-refractivity contribution in [2.24, 2.45) is 0 Å². The molecule has 0 fully saturated rings. The first-order valence-corrected chi connectivity index (χ1v) is 14.8. The van der Waals surface area contributed by atoms with E-state index in [0.717, 1.165) is 6.42 Å². The maximum atomic E-state index is 2.36. The molecule has 6 aromatic carbocycles. The van der Waals surface area contributed by atoms with Crippen LogP contribution in [0, 0.1) is 17.4 Å². The Labute approximate surface area is 251 Å². The lowest BCUT2D eigenvalue weighted by Gasteiger charge is -2.14. The molecule has 0 aromatic heterocycles. The van der Waals surface area contributed by atoms with Crippen molar-refractivity contribution in [3.63, 3.8) is 0 Å². The van der Waals surface area contributed by atoms with Crippen molar-refractivity contribution in [3.8, 4) is 44.5 Å². The summed E-state index contributed by atoms with van der Waals surface area (Å²) in [5, 5.41) is 0. The summed E-state index contributed by atoms with van der Waals surface area (Å²) < 4.78 is 1.25. The summed E-state index contributed by atoms with van der Waals surface area (Å²) in [6.45, 7) is 4.29. The van der Waals surface area contributed by atoms with Gasteiger partial charge in [-0.05, 0) is 117 Å². The summed E-state index contributed by atoms with van der Waals surface area (Å²) in [4.78, 5) is 0. The van der Waals surface area contributed by atoms with Crippen molar-refractivity contribution in [2.75, 3.05) is 0 Å². The standard InChI is InChI=1S/C39H31I/c1-27-9-11-33(12-10-27)39-26-36(32-19-21-38(40)22-20-32)17-18-37(39)25-29-6-4-8-35(24-29)31-15-13-30(14-16-31)34-7-3-5-28(2)23-34/h3-24,26H,25H2,1-2H3. The molecule has 0 spiro atoms. The number of halogens is 1. The average molecular weight is 627 g/mol. The molecule has 0 atom stereocenters. The molecule has 0 radical (unpaired) electrons. The zero-order chi connectivity index (χ0) is 27.5. The molecular formula is C39H31I. The van der Waals surface area contributed by atoms with Crippen LogP contribution in [-0.2, 0) is 6.42 Å². The van der Waals surface area contributed by atoms with Crippen LogP contribution in [0.2, 0.25) is 0 Å². The summed E-state index contributed by atoms with van der Waals surface area (Å²) in [6, 6.07) is 51.2. The lowest BCUT2D eigenvalue weighted by Crippen LogP contribution is -1.94. The predicted molar refractivity (Wildman–Crippen MR) is 180 cm³/mol. The molecule has 194 valence electrons. The molecule has 6 aromatic rings. The maximum absolute atomic E-state index is 2.36. The normalized spacial score (nSPS) is 11.0. The second kappa shape index (κ2) is 11.7. The lowest BCUT2D eigenvalue weighted by atomic mass is 9.90. The fourth-order valence-corrected chi connectivity index (χ4v) is 5.67. The molecule has 0 nitrogen and oxygen atoms in total. The lowest BCUT2D eigenvalue weighted by molar-refractivity contribution is 1.20. The summed E-state index contributed by atoms with van der Waals surface area (Å²) >= 11 is 2.36. The van der Waals surface area contributed by atoms with Gasteiger partial charge in [0.2, 0.25) is 0 Å². The Bertz CT molecular complexity index is 1760. The van der Waals surface area contributed by atoms with Crippen molar-refractivity contribution in [1.29, 1.82) is 0 Å². The molecule has 0 heterocycles. The Kier molecular flexibility index (Phi) is 7.66. The van der Waals surface area contributed by atoms with Gasteiger partial charge in [-0.2, -0.15) is 0 Å². The van der Waals surface area contributed by atoms with Crippen LogP contribution in [0.3, 0.4) is 0 Å². The molecule has 0 aliphatic rings. The van der Waals surface area contributed by atoms with Crippen molar-refractivity contribution in [2.45, 2.75) is 20.3 Å². The first-order chi connectivity index (χ1) is 19.5. The second-order valence-electron chi connectivity index (χ2n) is 10.6. The van der Waals surface area contributed by atoms with Gasteiger partial charge in [0.15, 0.2) is 0 Å². The number of hydrogen-bond acceptors (Lipinski definition) is 0. The summed E-state index contributed by atoms with van der Waals surface area (Å²) in [5.41, 5.74) is 15.3. The van der Waals surface area contributed by atoms with Crippen LogP contribution in [0.5, 0.6) is 0 Å². The molecule has 1 heteroatoms. The molecule has 0 unspecified atom stereocenters. The predicted octanol–water partition coefficient (Wildman–Crippen LogP) is 11.2. The fourth-order valence-electron chi connectivity index (χ4n) is 5.31. The molecule has 0 bridgehead atoms. The van der Waals surface area contributed by atoms with Gasteiger partial charge in [-0.15, -0.1) is 0 Å². The van der Waals surface area contributed by atoms with E-state index in [4.69, 9.17) is 0 Å². The van der Waals surface area contributed by atoms with Crippen molar-refractivity contribution >= 4 is 22.6 Å². The van der Waals surface area contributed by atoms with Gasteiger partial charge in [-0.1, -0.05) is 132 Å². The van der Waals surface area contributed by atoms with Gasteiger partial charge in [0, 0.05) is 3.57 Å². The number of benzene rings is 6. The smallest absolute Gasteiger partial charge is 0.0130 e. The molecule has 0 N–H and O–H groups in total. The Balaban J connectivity index is 1.32. The number of rotatable bonds is 6. The van der Waals surface area contributed by atoms with Crippen LogP contribution in [0.1, 0.15) is 22.3 Å². The highest BCUT2D eigenvalue weighted by molar-refractivity contribution is 14.1. The van der Waals surface area contributed by atoms with Crippen molar-refractivity contribution < 1.29 is 0 Å². The molecule has 0 amide bonds. The number of hydrogen-bond donors (Lipinski definition) is 0. The average Bonchev–Trinajstić information content (AvgIpc) is 2.99. The van der Waals surface area contributed by atoms with Crippen molar-refractivity contribution in [3.05, 3.63) is 165 Å². The van der Waals surface area contributed by atoms with E-state index in [1.54, 1.807) is 0 Å². The minimum absolute atomic E-state index is 0.880. The molecule has 0 aliphatic heterocycles. The fraction of sp³-hybridized carbons (Fsp3) is 0.0769. The van der Waals surface area contributed by atoms with Crippen LogP contribution in [0.4, 0.5) is 0 Å². The molecular weight excluding hydrogens is 595 g/mol. The Morgan fingerprint density at radius 3 is 1.60 bits per heavy atom. The van der Waals surface area contributed by atoms with Gasteiger partial charge in [-0.25, -0.2) is 0 Å². The first kappa shape index (κ1) is 26.3. The summed E-state index contributed by atoms with van der Waals surface area (Å²) in [5.74, 6) is 0. The largest absolute Gasteiger partial charge is 0.0614 e. The topological polar surface area (TPSA) is 0 Å². The first-order valence-electron chi connectivity index (χ1n) is 13.7. The zero-order valence-corrected chi connectivity index (χ0v) is 25.0. The van der Waals surface area contributed by atoms with E-state index in [-0.39, 0.29) is 0 Å². The van der Waals surface area contributed by atoms with Crippen LogP contribution >= 0.6 is 22.6 Å². The van der Waals surface area contributed by atoms with Crippen LogP contribution in [0.15, 0.2) is 140 Å². The minimum atomic E-state index is 0.880. The number of aryl methyl sites for hydroxylation is 2. The third-order valence-corrected chi connectivity index (χ3v) is 8.26. The van der Waals surface area contributed by atoms with E-state index < -0.39 is 0 Å². The van der Waals surface area contributed by atoms with Crippen LogP contribution < -0.4 is 0 Å². The van der Waals surface area contributed by atoms with E-state index in [1.807, 2.05) is 0 Å². The van der Waals surface area contributed by atoms with Gasteiger partial charge in [0.05, 0.1) is 0 Å². The summed E-state index contributed by atoms with van der Waals surface area (Å²) in [6.07, 6.45) is 0.880. The quantitative estimate of drug-likeness (QED) is 0.161. The SMILES string of the molecule is Cc1ccc(-c2cc(-c3ccc(I)cc3)ccc2Cc2cccc(-c3ccc(-c4cccc(C)c4)cc3)c2)cc1. The third kappa shape index (κ3) is 5.95. The van der Waals surface area contributed by atoms with Gasteiger partial charge >= 0.3 is 0 Å². The Morgan fingerprint density at radius 2 is 0.950 bits per heavy atom. The maximum Gasteiger partial charge on any atom is 0.0130 e. The van der Waals surface area contributed by atoms with E-state index in [1.165, 1.54) is 70.3 Å². The van der Waals surface area contributed by atoms with Crippen molar-refractivity contribution in [1.82, 2.24) is 0 Å². The van der Waals surface area contributed by atoms with Crippen LogP contribution in [0.25, 0.3) is 44.5 Å². The second-order valence-corrected chi connectivity index (χ2v) is 11.8. The highest BCUT2D eigenvalue weighted by atomic mass is 127. The summed E-state index contributed by atoms with van der Waals surface area (Å²) in [7, 11) is 0. The monoisotopic (exact) mass is 626 g/mol. The van der Waals surface area contributed by atoms with E-state index >= 15 is 0 Å². The third-order valence-electron chi connectivity index (χ3n) is 7.54. The van der Waals surface area contributed by atoms with Gasteiger partial charge < -0.3 is 0 Å². The molecule has 0 aliphatic carbocycles. The molecule has 0 saturated carbocycles. The van der Waals surface area contributed by atoms with E-state index in [9.17, 15) is 0 Å².